The maximum Gasteiger partial charge on any atom is 0.246 e. The van der Waals surface area contributed by atoms with E-state index in [1.54, 1.807) is 18.3 Å². The summed E-state index contributed by atoms with van der Waals surface area (Å²) in [5, 5.41) is 4.10. The Morgan fingerprint density at radius 2 is 1.95 bits per heavy atom. The van der Waals surface area contributed by atoms with Gasteiger partial charge in [0.2, 0.25) is 10.0 Å². The molecule has 0 amide bonds. The minimum Gasteiger partial charge on any atom is -0.373 e. The van der Waals surface area contributed by atoms with E-state index in [9.17, 15) is 8.42 Å². The zero-order valence-electron chi connectivity index (χ0n) is 12.5. The third-order valence-electron chi connectivity index (χ3n) is 3.47. The molecule has 0 bridgehead atoms. The number of morpholine rings is 1. The summed E-state index contributed by atoms with van der Waals surface area (Å²) in [6, 6.07) is 5.38. The van der Waals surface area contributed by atoms with Crippen LogP contribution in [-0.2, 0) is 14.8 Å². The number of ether oxygens (including phenoxy) is 1. The van der Waals surface area contributed by atoms with E-state index >= 15 is 0 Å². The molecule has 0 aromatic carbocycles. The van der Waals surface area contributed by atoms with Gasteiger partial charge < -0.3 is 4.74 Å². The first kappa shape index (κ1) is 15.1. The van der Waals surface area contributed by atoms with Crippen LogP contribution < -0.4 is 0 Å². The molecule has 3 rings (SSSR count). The van der Waals surface area contributed by atoms with Crippen LogP contribution in [0.5, 0.6) is 0 Å². The maximum atomic E-state index is 12.7. The van der Waals surface area contributed by atoms with E-state index < -0.39 is 10.0 Å². The van der Waals surface area contributed by atoms with Crippen molar-refractivity contribution in [3.8, 4) is 5.82 Å². The molecule has 0 aliphatic carbocycles. The molecule has 2 atom stereocenters. The first-order chi connectivity index (χ1) is 10.5. The molecule has 0 spiro atoms. The van der Waals surface area contributed by atoms with E-state index in [0.29, 0.717) is 18.9 Å². The fraction of sp³-hybridized carbons (Fsp3) is 0.429. The molecular formula is C14H18N4O3S. The first-order valence-electron chi connectivity index (χ1n) is 7.08. The Morgan fingerprint density at radius 1 is 1.23 bits per heavy atom. The highest BCUT2D eigenvalue weighted by molar-refractivity contribution is 7.89. The van der Waals surface area contributed by atoms with E-state index in [1.807, 2.05) is 19.9 Å². The molecule has 0 radical (unpaired) electrons. The van der Waals surface area contributed by atoms with Gasteiger partial charge in [-0.05, 0) is 26.0 Å². The number of hydrogen-bond donors (Lipinski definition) is 0. The first-order valence-corrected chi connectivity index (χ1v) is 8.52. The average molecular weight is 322 g/mol. The van der Waals surface area contributed by atoms with Gasteiger partial charge in [-0.25, -0.2) is 18.1 Å². The average Bonchev–Trinajstić information content (AvgIpc) is 2.98. The molecule has 1 saturated heterocycles. The summed E-state index contributed by atoms with van der Waals surface area (Å²) in [6.45, 7) is 4.44. The zero-order chi connectivity index (χ0) is 15.7. The van der Waals surface area contributed by atoms with Crippen LogP contribution in [-0.4, -0.2) is 52.8 Å². The van der Waals surface area contributed by atoms with Crippen molar-refractivity contribution in [2.24, 2.45) is 0 Å². The predicted octanol–water partition coefficient (Wildman–Crippen LogP) is 1.07. The van der Waals surface area contributed by atoms with Gasteiger partial charge in [0.25, 0.3) is 0 Å². The Morgan fingerprint density at radius 3 is 2.59 bits per heavy atom. The summed E-state index contributed by atoms with van der Waals surface area (Å²) >= 11 is 0. The fourth-order valence-electron chi connectivity index (χ4n) is 2.53. The van der Waals surface area contributed by atoms with Gasteiger partial charge in [-0.2, -0.15) is 9.40 Å². The quantitative estimate of drug-likeness (QED) is 0.844. The van der Waals surface area contributed by atoms with Crippen LogP contribution in [0.3, 0.4) is 0 Å². The van der Waals surface area contributed by atoms with Gasteiger partial charge in [0, 0.05) is 19.3 Å². The summed E-state index contributed by atoms with van der Waals surface area (Å²) < 4.78 is 33.9. The van der Waals surface area contributed by atoms with Gasteiger partial charge in [-0.3, -0.25) is 0 Å². The monoisotopic (exact) mass is 322 g/mol. The minimum absolute atomic E-state index is 0.121. The number of rotatable bonds is 3. The highest BCUT2D eigenvalue weighted by Gasteiger charge is 2.33. The Kier molecular flexibility index (Phi) is 3.98. The van der Waals surface area contributed by atoms with Crippen molar-refractivity contribution < 1.29 is 13.2 Å². The van der Waals surface area contributed by atoms with Crippen LogP contribution in [0, 0.1) is 0 Å². The highest BCUT2D eigenvalue weighted by atomic mass is 32.2. The van der Waals surface area contributed by atoms with Crippen molar-refractivity contribution in [2.75, 3.05) is 13.1 Å². The summed E-state index contributed by atoms with van der Waals surface area (Å²) in [6.07, 6.45) is 4.24. The van der Waals surface area contributed by atoms with E-state index in [0.717, 1.165) is 0 Å². The number of aromatic nitrogens is 3. The van der Waals surface area contributed by atoms with E-state index in [-0.39, 0.29) is 17.1 Å². The lowest BCUT2D eigenvalue weighted by atomic mass is 10.3. The Hall–Kier alpha value is -1.77. The number of hydrogen-bond acceptors (Lipinski definition) is 5. The molecule has 3 heterocycles. The fourth-order valence-corrected chi connectivity index (χ4v) is 4.05. The molecule has 0 N–H and O–H groups in total. The molecule has 2 aromatic rings. The van der Waals surface area contributed by atoms with E-state index in [2.05, 4.69) is 10.1 Å². The third kappa shape index (κ3) is 2.90. The highest BCUT2D eigenvalue weighted by Crippen LogP contribution is 2.21. The number of sulfonamides is 1. The molecule has 118 valence electrons. The summed E-state index contributed by atoms with van der Waals surface area (Å²) in [4.78, 5) is 4.32. The third-order valence-corrected chi connectivity index (χ3v) is 5.25. The molecule has 22 heavy (non-hydrogen) atoms. The lowest BCUT2D eigenvalue weighted by Gasteiger charge is -2.34. The summed E-state index contributed by atoms with van der Waals surface area (Å²) in [5.74, 6) is 0.577. The second-order valence-electron chi connectivity index (χ2n) is 5.39. The molecule has 8 heteroatoms. The second kappa shape index (κ2) is 5.79. The molecule has 2 aromatic heterocycles. The van der Waals surface area contributed by atoms with Gasteiger partial charge >= 0.3 is 0 Å². The van der Waals surface area contributed by atoms with Crippen LogP contribution in [0.25, 0.3) is 5.82 Å². The van der Waals surface area contributed by atoms with Crippen molar-refractivity contribution in [3.63, 3.8) is 0 Å². The lowest BCUT2D eigenvalue weighted by molar-refractivity contribution is -0.0440. The van der Waals surface area contributed by atoms with Crippen LogP contribution in [0.4, 0.5) is 0 Å². The van der Waals surface area contributed by atoms with Gasteiger partial charge in [0.1, 0.15) is 4.90 Å². The van der Waals surface area contributed by atoms with Crippen molar-refractivity contribution >= 4 is 10.0 Å². The van der Waals surface area contributed by atoms with Crippen LogP contribution in [0.1, 0.15) is 13.8 Å². The van der Waals surface area contributed by atoms with Gasteiger partial charge in [-0.15, -0.1) is 0 Å². The minimum atomic E-state index is -3.57. The van der Waals surface area contributed by atoms with Crippen LogP contribution >= 0.6 is 0 Å². The Labute approximate surface area is 129 Å². The molecule has 2 unspecified atom stereocenters. The van der Waals surface area contributed by atoms with Gasteiger partial charge in [0.05, 0.1) is 24.6 Å². The summed E-state index contributed by atoms with van der Waals surface area (Å²) in [7, 11) is -3.57. The normalized spacial score (nSPS) is 23.5. The second-order valence-corrected chi connectivity index (χ2v) is 7.33. The van der Waals surface area contributed by atoms with Crippen LogP contribution in [0.2, 0.25) is 0 Å². The molecular weight excluding hydrogens is 304 g/mol. The van der Waals surface area contributed by atoms with Crippen molar-refractivity contribution in [1.82, 2.24) is 19.1 Å². The van der Waals surface area contributed by atoms with Crippen molar-refractivity contribution in [3.05, 3.63) is 36.8 Å². The smallest absolute Gasteiger partial charge is 0.246 e. The Balaban J connectivity index is 1.89. The predicted molar refractivity (Wildman–Crippen MR) is 80.1 cm³/mol. The molecule has 1 aliphatic rings. The lowest BCUT2D eigenvalue weighted by Crippen LogP contribution is -2.48. The SMILES string of the molecule is CC1CN(S(=O)(=O)c2cnn(-c3ccccn3)c2)CC(C)O1. The van der Waals surface area contributed by atoms with Crippen LogP contribution in [0.15, 0.2) is 41.7 Å². The zero-order valence-corrected chi connectivity index (χ0v) is 13.3. The largest absolute Gasteiger partial charge is 0.373 e. The Bertz CT molecular complexity index is 734. The standard InChI is InChI=1S/C14H18N4O3S/c1-11-8-17(9-12(2)21-11)22(19,20)13-7-16-18(10-13)14-5-3-4-6-15-14/h3-7,10-12H,8-9H2,1-2H3. The summed E-state index contributed by atoms with van der Waals surface area (Å²) in [5.41, 5.74) is 0. The molecule has 7 nitrogen and oxygen atoms in total. The van der Waals surface area contributed by atoms with Crippen molar-refractivity contribution in [1.29, 1.82) is 0 Å². The topological polar surface area (TPSA) is 77.3 Å². The van der Waals surface area contributed by atoms with E-state index in [1.165, 1.54) is 21.4 Å². The van der Waals surface area contributed by atoms with Gasteiger partial charge in [0.15, 0.2) is 5.82 Å². The maximum absolute atomic E-state index is 12.7. The van der Waals surface area contributed by atoms with Gasteiger partial charge in [-0.1, -0.05) is 6.07 Å². The van der Waals surface area contributed by atoms with Crippen molar-refractivity contribution in [2.45, 2.75) is 31.0 Å². The number of pyridine rings is 1. The molecule has 0 saturated carbocycles. The molecule has 1 fully saturated rings. The molecule has 1 aliphatic heterocycles. The van der Waals surface area contributed by atoms with E-state index in [4.69, 9.17) is 4.74 Å². The number of nitrogens with zero attached hydrogens (tertiary/aromatic N) is 4.